The fourth-order valence-electron chi connectivity index (χ4n) is 3.10. The van der Waals surface area contributed by atoms with Crippen LogP contribution in [0.25, 0.3) is 0 Å². The minimum Gasteiger partial charge on any atom is -0.483 e. The summed E-state index contributed by atoms with van der Waals surface area (Å²) in [4.78, 5) is 29.3. The van der Waals surface area contributed by atoms with Crippen LogP contribution < -0.4 is 4.74 Å². The van der Waals surface area contributed by atoms with E-state index in [1.807, 2.05) is 44.2 Å². The molecule has 0 bridgehead atoms. The summed E-state index contributed by atoms with van der Waals surface area (Å²) in [6, 6.07) is 13.1. The van der Waals surface area contributed by atoms with Gasteiger partial charge in [0, 0.05) is 31.1 Å². The number of hydrogen-bond acceptors (Lipinski definition) is 4. The second-order valence-electron chi connectivity index (χ2n) is 6.68. The highest BCUT2D eigenvalue weighted by Crippen LogP contribution is 2.21. The molecule has 5 nitrogen and oxygen atoms in total. The van der Waals surface area contributed by atoms with Crippen molar-refractivity contribution in [1.82, 2.24) is 9.80 Å². The number of carbonyl (C=O) groups is 2. The van der Waals surface area contributed by atoms with Gasteiger partial charge in [-0.25, -0.2) is 0 Å². The fraction of sp³-hybridized carbons (Fsp3) is 0.333. The Kier molecular flexibility index (Phi) is 6.06. The summed E-state index contributed by atoms with van der Waals surface area (Å²) < 4.78 is 5.71. The van der Waals surface area contributed by atoms with Gasteiger partial charge in [0.05, 0.1) is 5.56 Å². The van der Waals surface area contributed by atoms with E-state index in [1.54, 1.807) is 21.9 Å². The molecule has 0 radical (unpaired) electrons. The van der Waals surface area contributed by atoms with Gasteiger partial charge in [0.25, 0.3) is 11.8 Å². The van der Waals surface area contributed by atoms with Crippen molar-refractivity contribution in [2.75, 3.05) is 32.8 Å². The Labute approximate surface area is 165 Å². The van der Waals surface area contributed by atoms with Crippen molar-refractivity contribution in [3.05, 3.63) is 59.2 Å². The van der Waals surface area contributed by atoms with E-state index in [9.17, 15) is 9.59 Å². The number of hydrogen-bond donors (Lipinski definition) is 1. The molecule has 27 heavy (non-hydrogen) atoms. The van der Waals surface area contributed by atoms with E-state index in [-0.39, 0.29) is 18.4 Å². The van der Waals surface area contributed by atoms with E-state index < -0.39 is 0 Å². The van der Waals surface area contributed by atoms with Crippen LogP contribution in [0.2, 0.25) is 0 Å². The van der Waals surface area contributed by atoms with Gasteiger partial charge < -0.3 is 14.5 Å². The Morgan fingerprint density at radius 2 is 1.63 bits per heavy atom. The number of nitrogens with zero attached hydrogens (tertiary/aromatic N) is 2. The predicted octanol–water partition coefficient (Wildman–Crippen LogP) is 2.96. The average Bonchev–Trinajstić information content (AvgIpc) is 2.69. The maximum Gasteiger partial charge on any atom is 0.260 e. The van der Waals surface area contributed by atoms with Gasteiger partial charge in [0.1, 0.15) is 5.75 Å². The van der Waals surface area contributed by atoms with Crippen LogP contribution in [-0.4, -0.2) is 54.4 Å². The lowest BCUT2D eigenvalue weighted by Gasteiger charge is -2.35. The van der Waals surface area contributed by atoms with Crippen molar-refractivity contribution in [2.45, 2.75) is 18.7 Å². The number of carbonyl (C=O) groups excluding carboxylic acids is 2. The number of amides is 2. The first-order valence-corrected chi connectivity index (χ1v) is 9.46. The van der Waals surface area contributed by atoms with Crippen LogP contribution >= 0.6 is 12.6 Å². The van der Waals surface area contributed by atoms with Crippen molar-refractivity contribution in [3.8, 4) is 5.75 Å². The minimum atomic E-state index is -0.0578. The van der Waals surface area contributed by atoms with Crippen molar-refractivity contribution in [2.24, 2.45) is 0 Å². The fourth-order valence-corrected chi connectivity index (χ4v) is 3.35. The van der Waals surface area contributed by atoms with Crippen LogP contribution in [0.3, 0.4) is 0 Å². The molecule has 0 aliphatic carbocycles. The maximum atomic E-state index is 12.6. The van der Waals surface area contributed by atoms with Crippen LogP contribution in [0, 0.1) is 13.8 Å². The number of rotatable bonds is 4. The third-order valence-corrected chi connectivity index (χ3v) is 5.35. The quantitative estimate of drug-likeness (QED) is 0.825. The lowest BCUT2D eigenvalue weighted by molar-refractivity contribution is -0.134. The van der Waals surface area contributed by atoms with E-state index in [1.165, 1.54) is 0 Å². The Balaban J connectivity index is 1.53. The van der Waals surface area contributed by atoms with Crippen LogP contribution in [0.4, 0.5) is 0 Å². The molecule has 2 aromatic rings. The molecular formula is C21H24N2O3S. The molecule has 0 unspecified atom stereocenters. The molecule has 1 fully saturated rings. The lowest BCUT2D eigenvalue weighted by atomic mass is 10.1. The number of aryl methyl sites for hydroxylation is 1. The number of thiol groups is 1. The molecule has 1 saturated heterocycles. The summed E-state index contributed by atoms with van der Waals surface area (Å²) in [5.74, 6) is 0.638. The summed E-state index contributed by atoms with van der Waals surface area (Å²) >= 11 is 4.36. The normalized spacial score (nSPS) is 14.2. The maximum absolute atomic E-state index is 12.6. The molecule has 0 spiro atoms. The van der Waals surface area contributed by atoms with Gasteiger partial charge in [-0.05, 0) is 43.2 Å². The highest BCUT2D eigenvalue weighted by Gasteiger charge is 2.25. The van der Waals surface area contributed by atoms with Crippen molar-refractivity contribution in [1.29, 1.82) is 0 Å². The first-order chi connectivity index (χ1) is 13.0. The second kappa shape index (κ2) is 8.48. The molecular weight excluding hydrogens is 360 g/mol. The molecule has 1 heterocycles. The van der Waals surface area contributed by atoms with Crippen molar-refractivity contribution >= 4 is 24.4 Å². The van der Waals surface area contributed by atoms with Gasteiger partial charge in [0.15, 0.2) is 6.61 Å². The predicted molar refractivity (Wildman–Crippen MR) is 108 cm³/mol. The first-order valence-electron chi connectivity index (χ1n) is 9.01. The van der Waals surface area contributed by atoms with E-state index in [4.69, 9.17) is 4.74 Å². The van der Waals surface area contributed by atoms with Gasteiger partial charge >= 0.3 is 0 Å². The van der Waals surface area contributed by atoms with Gasteiger partial charge in [0.2, 0.25) is 0 Å². The summed E-state index contributed by atoms with van der Waals surface area (Å²) in [6.45, 7) is 6.05. The van der Waals surface area contributed by atoms with Crippen LogP contribution in [-0.2, 0) is 4.79 Å². The molecule has 0 saturated carbocycles. The second-order valence-corrected chi connectivity index (χ2v) is 7.16. The summed E-state index contributed by atoms with van der Waals surface area (Å²) in [7, 11) is 0. The van der Waals surface area contributed by atoms with Crippen molar-refractivity contribution in [3.63, 3.8) is 0 Å². The number of benzene rings is 2. The SMILES string of the molecule is Cc1cccc(OCC(=O)N2CCN(C(=O)c3ccccc3S)CC2)c1C. The summed E-state index contributed by atoms with van der Waals surface area (Å²) in [5, 5.41) is 0. The lowest BCUT2D eigenvalue weighted by Crippen LogP contribution is -2.51. The molecule has 1 aliphatic heterocycles. The van der Waals surface area contributed by atoms with Gasteiger partial charge in [-0.3, -0.25) is 9.59 Å². The molecule has 0 atom stereocenters. The molecule has 0 N–H and O–H groups in total. The number of piperazine rings is 1. The molecule has 2 amide bonds. The largest absolute Gasteiger partial charge is 0.483 e. The zero-order chi connectivity index (χ0) is 19.4. The Morgan fingerprint density at radius 1 is 0.963 bits per heavy atom. The molecule has 6 heteroatoms. The van der Waals surface area contributed by atoms with E-state index in [2.05, 4.69) is 12.6 Å². The Morgan fingerprint density at radius 3 is 2.33 bits per heavy atom. The zero-order valence-electron chi connectivity index (χ0n) is 15.6. The van der Waals surface area contributed by atoms with Gasteiger partial charge in [-0.2, -0.15) is 0 Å². The zero-order valence-corrected chi connectivity index (χ0v) is 16.5. The summed E-state index contributed by atoms with van der Waals surface area (Å²) in [5.41, 5.74) is 2.78. The Bertz CT molecular complexity index is 845. The van der Waals surface area contributed by atoms with E-state index >= 15 is 0 Å². The molecule has 0 aromatic heterocycles. The van der Waals surface area contributed by atoms with E-state index in [0.717, 1.165) is 16.9 Å². The minimum absolute atomic E-state index is 0.0116. The molecule has 142 valence electrons. The Hall–Kier alpha value is -2.47. The van der Waals surface area contributed by atoms with Crippen LogP contribution in [0.1, 0.15) is 21.5 Å². The van der Waals surface area contributed by atoms with Gasteiger partial charge in [-0.15, -0.1) is 12.6 Å². The van der Waals surface area contributed by atoms with Gasteiger partial charge in [-0.1, -0.05) is 24.3 Å². The molecule has 2 aromatic carbocycles. The number of ether oxygens (including phenoxy) is 1. The molecule has 3 rings (SSSR count). The smallest absolute Gasteiger partial charge is 0.260 e. The third-order valence-electron chi connectivity index (χ3n) is 4.96. The van der Waals surface area contributed by atoms with Crippen LogP contribution in [0.5, 0.6) is 5.75 Å². The topological polar surface area (TPSA) is 49.9 Å². The highest BCUT2D eigenvalue weighted by molar-refractivity contribution is 7.80. The highest BCUT2D eigenvalue weighted by atomic mass is 32.1. The third kappa shape index (κ3) is 4.45. The average molecular weight is 385 g/mol. The monoisotopic (exact) mass is 384 g/mol. The van der Waals surface area contributed by atoms with Crippen LogP contribution in [0.15, 0.2) is 47.4 Å². The molecule has 1 aliphatic rings. The van der Waals surface area contributed by atoms with E-state index in [0.29, 0.717) is 36.6 Å². The van der Waals surface area contributed by atoms with Crippen molar-refractivity contribution < 1.29 is 14.3 Å². The summed E-state index contributed by atoms with van der Waals surface area (Å²) in [6.07, 6.45) is 0. The standard InChI is InChI=1S/C21H24N2O3S/c1-15-6-5-8-18(16(15)2)26-14-20(24)22-10-12-23(13-11-22)21(25)17-7-3-4-9-19(17)27/h3-9,27H,10-14H2,1-2H3. The first kappa shape index (κ1) is 19.3.